The highest BCUT2D eigenvalue weighted by molar-refractivity contribution is 7.89. The molecule has 0 aliphatic carbocycles. The van der Waals surface area contributed by atoms with Crippen LogP contribution in [0.1, 0.15) is 5.69 Å². The molecule has 1 amide bonds. The number of nitrogens with zero attached hydrogens (tertiary/aromatic N) is 3. The van der Waals surface area contributed by atoms with Crippen LogP contribution in [0.3, 0.4) is 0 Å². The number of nitrogens with two attached hydrogens (primary N) is 1. The van der Waals surface area contributed by atoms with Gasteiger partial charge in [0.1, 0.15) is 0 Å². The molecule has 9 nitrogen and oxygen atoms in total. The molecule has 3 rings (SSSR count). The first-order valence-corrected chi connectivity index (χ1v) is 9.74. The second kappa shape index (κ2) is 7.56. The van der Waals surface area contributed by atoms with Gasteiger partial charge in [-0.15, -0.1) is 11.3 Å². The molecule has 0 aliphatic heterocycles. The summed E-state index contributed by atoms with van der Waals surface area (Å²) in [6.07, 6.45) is 3.29. The third-order valence-corrected chi connectivity index (χ3v) is 4.88. The van der Waals surface area contributed by atoms with Gasteiger partial charge >= 0.3 is 0 Å². The molecular formula is C15H14N6O3S2. The van der Waals surface area contributed by atoms with Gasteiger partial charge in [0.15, 0.2) is 5.13 Å². The second-order valence-corrected chi connectivity index (χ2v) is 7.56. The molecule has 2 aromatic heterocycles. The van der Waals surface area contributed by atoms with Crippen molar-refractivity contribution in [3.8, 4) is 0 Å². The number of aromatic nitrogens is 3. The normalized spacial score (nSPS) is 11.1. The number of carbonyl (C=O) groups excluding carboxylic acids is 1. The number of hydrogen-bond acceptors (Lipinski definition) is 8. The smallest absolute Gasteiger partial charge is 0.238 e. The Labute approximate surface area is 153 Å². The Morgan fingerprint density at radius 3 is 2.50 bits per heavy atom. The Balaban J connectivity index is 1.58. The number of rotatable bonds is 6. The average molecular weight is 390 g/mol. The number of carbonyl (C=O) groups is 1. The lowest BCUT2D eigenvalue weighted by molar-refractivity contribution is -0.115. The van der Waals surface area contributed by atoms with Crippen LogP contribution >= 0.6 is 11.3 Å². The van der Waals surface area contributed by atoms with Crippen molar-refractivity contribution in [3.05, 3.63) is 53.8 Å². The van der Waals surface area contributed by atoms with E-state index < -0.39 is 10.0 Å². The number of sulfonamides is 1. The highest BCUT2D eigenvalue weighted by atomic mass is 32.2. The van der Waals surface area contributed by atoms with Gasteiger partial charge in [0.2, 0.25) is 21.9 Å². The molecule has 0 bridgehead atoms. The first kappa shape index (κ1) is 17.9. The molecule has 0 aliphatic rings. The largest absolute Gasteiger partial charge is 0.326 e. The zero-order valence-electron chi connectivity index (χ0n) is 13.3. The lowest BCUT2D eigenvalue weighted by Crippen LogP contribution is -2.15. The van der Waals surface area contributed by atoms with Crippen LogP contribution in [0.25, 0.3) is 0 Å². The van der Waals surface area contributed by atoms with E-state index in [1.807, 2.05) is 0 Å². The van der Waals surface area contributed by atoms with Crippen LogP contribution in [0.5, 0.6) is 0 Å². The number of anilines is 3. The summed E-state index contributed by atoms with van der Waals surface area (Å²) in [5.41, 5.74) is 1.06. The van der Waals surface area contributed by atoms with Gasteiger partial charge in [-0.1, -0.05) is 0 Å². The topological polar surface area (TPSA) is 140 Å². The minimum atomic E-state index is -3.76. The van der Waals surface area contributed by atoms with Crippen molar-refractivity contribution < 1.29 is 13.2 Å². The van der Waals surface area contributed by atoms with Crippen molar-refractivity contribution in [3.63, 3.8) is 0 Å². The molecule has 3 aromatic rings. The van der Waals surface area contributed by atoms with Crippen LogP contribution in [-0.2, 0) is 21.2 Å². The second-order valence-electron chi connectivity index (χ2n) is 5.14. The van der Waals surface area contributed by atoms with Crippen LogP contribution in [0.4, 0.5) is 16.8 Å². The molecular weight excluding hydrogens is 376 g/mol. The number of primary sulfonamides is 1. The summed E-state index contributed by atoms with van der Waals surface area (Å²) in [7, 11) is -3.76. The molecule has 0 atom stereocenters. The predicted molar refractivity (Wildman–Crippen MR) is 97.6 cm³/mol. The third-order valence-electron chi connectivity index (χ3n) is 3.14. The van der Waals surface area contributed by atoms with E-state index in [4.69, 9.17) is 5.14 Å². The van der Waals surface area contributed by atoms with Gasteiger partial charge in [0.25, 0.3) is 0 Å². The highest BCUT2D eigenvalue weighted by Crippen LogP contribution is 2.19. The van der Waals surface area contributed by atoms with Crippen molar-refractivity contribution in [1.82, 2.24) is 15.0 Å². The lowest BCUT2D eigenvalue weighted by Gasteiger charge is -2.05. The number of nitrogens with one attached hydrogen (secondary N) is 2. The Morgan fingerprint density at radius 1 is 1.15 bits per heavy atom. The van der Waals surface area contributed by atoms with Crippen molar-refractivity contribution in [1.29, 1.82) is 0 Å². The molecule has 0 saturated heterocycles. The van der Waals surface area contributed by atoms with Crippen molar-refractivity contribution in [2.75, 3.05) is 10.6 Å². The van der Waals surface area contributed by atoms with Gasteiger partial charge in [-0.2, -0.15) is 0 Å². The predicted octanol–water partition coefficient (Wildman–Crippen LogP) is 1.51. The fourth-order valence-electron chi connectivity index (χ4n) is 2.00. The summed E-state index contributed by atoms with van der Waals surface area (Å²) in [5, 5.41) is 13.0. The molecule has 1 aromatic carbocycles. The molecule has 134 valence electrons. The summed E-state index contributed by atoms with van der Waals surface area (Å²) < 4.78 is 22.4. The van der Waals surface area contributed by atoms with Crippen LogP contribution in [0.15, 0.2) is 53.0 Å². The van der Waals surface area contributed by atoms with Gasteiger partial charge in [-0.3, -0.25) is 4.79 Å². The minimum Gasteiger partial charge on any atom is -0.326 e. The summed E-state index contributed by atoms with van der Waals surface area (Å²) in [5.74, 6) is 0.147. The van der Waals surface area contributed by atoms with Crippen LogP contribution in [0, 0.1) is 0 Å². The Hall–Kier alpha value is -2.89. The number of benzene rings is 1. The van der Waals surface area contributed by atoms with E-state index in [0.717, 1.165) is 0 Å². The third kappa shape index (κ3) is 4.81. The molecule has 2 heterocycles. The maximum absolute atomic E-state index is 12.1. The van der Waals surface area contributed by atoms with E-state index >= 15 is 0 Å². The monoisotopic (exact) mass is 390 g/mol. The zero-order chi connectivity index (χ0) is 18.6. The first-order valence-electron chi connectivity index (χ1n) is 7.31. The van der Waals surface area contributed by atoms with Gasteiger partial charge in [0, 0.05) is 23.5 Å². The van der Waals surface area contributed by atoms with Crippen molar-refractivity contribution >= 4 is 44.0 Å². The molecule has 26 heavy (non-hydrogen) atoms. The molecule has 0 radical (unpaired) electrons. The number of thiazole rings is 1. The van der Waals surface area contributed by atoms with E-state index in [0.29, 0.717) is 22.5 Å². The van der Waals surface area contributed by atoms with E-state index in [2.05, 4.69) is 25.6 Å². The molecule has 0 spiro atoms. The Bertz CT molecular complexity index is 1000. The fourth-order valence-corrected chi connectivity index (χ4v) is 3.22. The summed E-state index contributed by atoms with van der Waals surface area (Å²) >= 11 is 1.33. The fraction of sp³-hybridized carbons (Fsp3) is 0.0667. The summed E-state index contributed by atoms with van der Waals surface area (Å²) in [6, 6.07) is 7.31. The quantitative estimate of drug-likeness (QED) is 0.579. The average Bonchev–Trinajstić information content (AvgIpc) is 3.02. The summed E-state index contributed by atoms with van der Waals surface area (Å²) in [4.78, 5) is 24.5. The van der Waals surface area contributed by atoms with E-state index in [9.17, 15) is 13.2 Å². The zero-order valence-corrected chi connectivity index (χ0v) is 14.9. The van der Waals surface area contributed by atoms with Crippen molar-refractivity contribution in [2.45, 2.75) is 11.3 Å². The SMILES string of the molecule is NS(=O)(=O)c1ccc(NC(=O)Cc2csc(Nc3ncccn3)n2)cc1. The Morgan fingerprint density at radius 2 is 1.85 bits per heavy atom. The minimum absolute atomic E-state index is 0.0196. The molecule has 4 N–H and O–H groups in total. The van der Waals surface area contributed by atoms with Gasteiger partial charge in [0.05, 0.1) is 17.0 Å². The Kier molecular flexibility index (Phi) is 5.21. The number of hydrogen-bond donors (Lipinski definition) is 3. The maximum atomic E-state index is 12.1. The van der Waals surface area contributed by atoms with Crippen LogP contribution in [0.2, 0.25) is 0 Å². The lowest BCUT2D eigenvalue weighted by atomic mass is 10.3. The number of amides is 1. The van der Waals surface area contributed by atoms with Crippen LogP contribution in [-0.4, -0.2) is 29.3 Å². The van der Waals surface area contributed by atoms with E-state index in [1.54, 1.807) is 23.8 Å². The van der Waals surface area contributed by atoms with Crippen LogP contribution < -0.4 is 15.8 Å². The van der Waals surface area contributed by atoms with Gasteiger partial charge in [-0.25, -0.2) is 28.5 Å². The van der Waals surface area contributed by atoms with Gasteiger partial charge in [-0.05, 0) is 30.3 Å². The maximum Gasteiger partial charge on any atom is 0.238 e. The molecule has 11 heteroatoms. The van der Waals surface area contributed by atoms with E-state index in [1.165, 1.54) is 35.6 Å². The molecule has 0 unspecified atom stereocenters. The van der Waals surface area contributed by atoms with E-state index in [-0.39, 0.29) is 17.2 Å². The van der Waals surface area contributed by atoms with Gasteiger partial charge < -0.3 is 10.6 Å². The highest BCUT2D eigenvalue weighted by Gasteiger charge is 2.11. The van der Waals surface area contributed by atoms with Crippen molar-refractivity contribution in [2.24, 2.45) is 5.14 Å². The summed E-state index contributed by atoms with van der Waals surface area (Å²) in [6.45, 7) is 0. The first-order chi connectivity index (χ1) is 12.4. The standard InChI is InChI=1S/C15H14N6O3S2/c16-26(23,24)12-4-2-10(3-5-12)19-13(22)8-11-9-25-15(20-11)21-14-17-6-1-7-18-14/h1-7,9H,8H2,(H,19,22)(H2,16,23,24)(H,17,18,20,21). The molecule has 0 saturated carbocycles. The molecule has 0 fully saturated rings.